The van der Waals surface area contributed by atoms with Crippen LogP contribution in [0.1, 0.15) is 24.0 Å². The smallest absolute Gasteiger partial charge is 0.226 e. The van der Waals surface area contributed by atoms with Gasteiger partial charge in [-0.2, -0.15) is 0 Å². The first kappa shape index (κ1) is 16.6. The maximum absolute atomic E-state index is 13.2. The molecule has 0 bridgehead atoms. The van der Waals surface area contributed by atoms with Crippen molar-refractivity contribution >= 4 is 5.91 Å². The van der Waals surface area contributed by atoms with E-state index in [1.54, 1.807) is 0 Å². The zero-order valence-corrected chi connectivity index (χ0v) is 13.6. The zero-order chi connectivity index (χ0) is 16.9. The van der Waals surface area contributed by atoms with Crippen LogP contribution in [0.3, 0.4) is 0 Å². The Balaban J connectivity index is 1.50. The molecule has 0 aromatic heterocycles. The molecule has 3 rings (SSSR count). The third kappa shape index (κ3) is 4.19. The summed E-state index contributed by atoms with van der Waals surface area (Å²) in [4.78, 5) is 14.2. The van der Waals surface area contributed by atoms with Gasteiger partial charge in [-0.1, -0.05) is 36.4 Å². The quantitative estimate of drug-likeness (QED) is 0.830. The lowest BCUT2D eigenvalue weighted by molar-refractivity contribution is -0.131. The van der Waals surface area contributed by atoms with E-state index in [2.05, 4.69) is 24.3 Å². The number of hydrogen-bond donors (Lipinski definition) is 0. The molecule has 4 heteroatoms. The van der Waals surface area contributed by atoms with Gasteiger partial charge >= 0.3 is 0 Å². The average Bonchev–Trinajstić information content (AvgIpc) is 2.60. The average molecular weight is 329 g/mol. The number of carbonyl (C=O) groups is 1. The Labute approximate surface area is 141 Å². The Morgan fingerprint density at radius 3 is 2.33 bits per heavy atom. The summed E-state index contributed by atoms with van der Waals surface area (Å²) in [5, 5.41) is 0. The fourth-order valence-corrected chi connectivity index (χ4v) is 3.27. The summed E-state index contributed by atoms with van der Waals surface area (Å²) in [5.74, 6) is -1.20. The molecule has 1 aliphatic heterocycles. The maximum Gasteiger partial charge on any atom is 0.226 e. The first-order chi connectivity index (χ1) is 11.6. The Hall–Kier alpha value is -2.23. The minimum absolute atomic E-state index is 0.0147. The molecule has 1 aliphatic rings. The van der Waals surface area contributed by atoms with Gasteiger partial charge in [-0.05, 0) is 48.4 Å². The van der Waals surface area contributed by atoms with Crippen LogP contribution in [0, 0.1) is 17.6 Å². The molecule has 0 spiro atoms. The fraction of sp³-hybridized carbons (Fsp3) is 0.350. The summed E-state index contributed by atoms with van der Waals surface area (Å²) >= 11 is 0. The molecule has 2 aromatic rings. The highest BCUT2D eigenvalue weighted by molar-refractivity contribution is 5.78. The highest BCUT2D eigenvalue weighted by atomic mass is 19.2. The lowest BCUT2D eigenvalue weighted by Crippen LogP contribution is -2.39. The minimum Gasteiger partial charge on any atom is -0.342 e. The number of piperidine rings is 1. The van der Waals surface area contributed by atoms with Crippen LogP contribution in [-0.4, -0.2) is 23.9 Å². The molecule has 2 nitrogen and oxygen atoms in total. The predicted octanol–water partition coefficient (Wildman–Crippen LogP) is 3.99. The molecule has 1 saturated heterocycles. The zero-order valence-electron chi connectivity index (χ0n) is 13.6. The lowest BCUT2D eigenvalue weighted by Gasteiger charge is -2.32. The summed E-state index contributed by atoms with van der Waals surface area (Å²) < 4.78 is 26.2. The van der Waals surface area contributed by atoms with Crippen molar-refractivity contribution in [3.63, 3.8) is 0 Å². The minimum atomic E-state index is -0.901. The Kier molecular flexibility index (Phi) is 5.24. The Bertz CT molecular complexity index is 694. The topological polar surface area (TPSA) is 20.3 Å². The summed E-state index contributed by atoms with van der Waals surface area (Å²) in [6, 6.07) is 14.0. The second-order valence-electron chi connectivity index (χ2n) is 6.44. The summed E-state index contributed by atoms with van der Waals surface area (Å²) in [5.41, 5.74) is 1.86. The number of rotatable bonds is 4. The van der Waals surface area contributed by atoms with Gasteiger partial charge in [0.15, 0.2) is 11.6 Å². The fourth-order valence-electron chi connectivity index (χ4n) is 3.27. The Morgan fingerprint density at radius 1 is 0.958 bits per heavy atom. The van der Waals surface area contributed by atoms with Crippen LogP contribution in [0.25, 0.3) is 0 Å². The molecule has 0 unspecified atom stereocenters. The highest BCUT2D eigenvalue weighted by Gasteiger charge is 2.23. The summed E-state index contributed by atoms with van der Waals surface area (Å²) in [7, 11) is 0. The standard InChI is InChI=1S/C20H21F2NO/c21-18-7-6-17(13-19(18)22)14-20(24)23-10-8-16(9-11-23)12-15-4-2-1-3-5-15/h1-7,13,16H,8-12,14H2. The first-order valence-corrected chi connectivity index (χ1v) is 8.37. The third-order valence-corrected chi connectivity index (χ3v) is 4.67. The van der Waals surface area contributed by atoms with Crippen LogP contribution in [0.15, 0.2) is 48.5 Å². The van der Waals surface area contributed by atoms with Gasteiger partial charge in [-0.25, -0.2) is 8.78 Å². The van der Waals surface area contributed by atoms with Gasteiger partial charge in [0, 0.05) is 13.1 Å². The van der Waals surface area contributed by atoms with Crippen LogP contribution in [-0.2, 0) is 17.6 Å². The van der Waals surface area contributed by atoms with Crippen molar-refractivity contribution in [1.29, 1.82) is 0 Å². The van der Waals surface area contributed by atoms with Crippen molar-refractivity contribution in [1.82, 2.24) is 4.90 Å². The molecular formula is C20H21F2NO. The van der Waals surface area contributed by atoms with Gasteiger partial charge in [-0.3, -0.25) is 4.79 Å². The number of halogens is 2. The molecule has 2 aromatic carbocycles. The van der Waals surface area contributed by atoms with Crippen LogP contribution in [0.5, 0.6) is 0 Å². The second-order valence-corrected chi connectivity index (χ2v) is 6.44. The highest BCUT2D eigenvalue weighted by Crippen LogP contribution is 2.22. The number of likely N-dealkylation sites (tertiary alicyclic amines) is 1. The Morgan fingerprint density at radius 2 is 1.67 bits per heavy atom. The number of benzene rings is 2. The second kappa shape index (κ2) is 7.56. The van der Waals surface area contributed by atoms with Gasteiger partial charge in [-0.15, -0.1) is 0 Å². The van der Waals surface area contributed by atoms with E-state index in [9.17, 15) is 13.6 Å². The molecule has 0 radical (unpaired) electrons. The van der Waals surface area contributed by atoms with Crippen molar-refractivity contribution in [2.24, 2.45) is 5.92 Å². The lowest BCUT2D eigenvalue weighted by atomic mass is 9.90. The van der Waals surface area contributed by atoms with E-state index in [-0.39, 0.29) is 12.3 Å². The van der Waals surface area contributed by atoms with Crippen molar-refractivity contribution in [2.45, 2.75) is 25.7 Å². The van der Waals surface area contributed by atoms with Crippen molar-refractivity contribution in [3.05, 3.63) is 71.3 Å². The molecule has 0 N–H and O–H groups in total. The molecule has 24 heavy (non-hydrogen) atoms. The molecule has 0 aliphatic carbocycles. The van der Waals surface area contributed by atoms with Gasteiger partial charge in [0.1, 0.15) is 0 Å². The van der Waals surface area contributed by atoms with E-state index in [0.717, 1.165) is 44.5 Å². The normalized spacial score (nSPS) is 15.5. The number of hydrogen-bond acceptors (Lipinski definition) is 1. The molecule has 1 amide bonds. The van der Waals surface area contributed by atoms with Crippen LogP contribution < -0.4 is 0 Å². The molecule has 0 atom stereocenters. The van der Waals surface area contributed by atoms with E-state index in [0.29, 0.717) is 11.5 Å². The SMILES string of the molecule is O=C(Cc1ccc(F)c(F)c1)N1CCC(Cc2ccccc2)CC1. The maximum atomic E-state index is 13.2. The van der Waals surface area contributed by atoms with Crippen molar-refractivity contribution in [2.75, 3.05) is 13.1 Å². The molecule has 126 valence electrons. The van der Waals surface area contributed by atoms with E-state index in [1.807, 2.05) is 11.0 Å². The van der Waals surface area contributed by atoms with Crippen molar-refractivity contribution < 1.29 is 13.6 Å². The summed E-state index contributed by atoms with van der Waals surface area (Å²) in [6.45, 7) is 1.47. The van der Waals surface area contributed by atoms with Crippen LogP contribution in [0.4, 0.5) is 8.78 Å². The molecule has 0 saturated carbocycles. The van der Waals surface area contributed by atoms with E-state index >= 15 is 0 Å². The van der Waals surface area contributed by atoms with Gasteiger partial charge < -0.3 is 4.90 Å². The molecule has 1 heterocycles. The van der Waals surface area contributed by atoms with Gasteiger partial charge in [0.05, 0.1) is 6.42 Å². The van der Waals surface area contributed by atoms with Crippen molar-refractivity contribution in [3.8, 4) is 0 Å². The van der Waals surface area contributed by atoms with Gasteiger partial charge in [0.25, 0.3) is 0 Å². The van der Waals surface area contributed by atoms with Crippen LogP contribution in [0.2, 0.25) is 0 Å². The monoisotopic (exact) mass is 329 g/mol. The predicted molar refractivity (Wildman–Crippen MR) is 89.5 cm³/mol. The number of carbonyl (C=O) groups excluding carboxylic acids is 1. The first-order valence-electron chi connectivity index (χ1n) is 8.37. The summed E-state index contributed by atoms with van der Waals surface area (Å²) in [6.07, 6.45) is 3.14. The van der Waals surface area contributed by atoms with E-state index in [1.165, 1.54) is 11.6 Å². The number of nitrogens with zero attached hydrogens (tertiary/aromatic N) is 1. The largest absolute Gasteiger partial charge is 0.342 e. The van der Waals surface area contributed by atoms with Gasteiger partial charge in [0.2, 0.25) is 5.91 Å². The molecular weight excluding hydrogens is 308 g/mol. The number of amides is 1. The van der Waals surface area contributed by atoms with Crippen LogP contribution >= 0.6 is 0 Å². The van der Waals surface area contributed by atoms with E-state index in [4.69, 9.17) is 0 Å². The van der Waals surface area contributed by atoms with E-state index < -0.39 is 11.6 Å². The molecule has 1 fully saturated rings. The third-order valence-electron chi connectivity index (χ3n) is 4.67.